The summed E-state index contributed by atoms with van der Waals surface area (Å²) in [6.45, 7) is 0.290. The van der Waals surface area contributed by atoms with Crippen molar-refractivity contribution in [3.05, 3.63) is 107 Å². The molecule has 7 nitrogen and oxygen atoms in total. The molecule has 0 unspecified atom stereocenters. The fraction of sp³-hybridized carbons (Fsp3) is 0.200. The Balaban J connectivity index is 1.50. The second kappa shape index (κ2) is 10.2. The van der Waals surface area contributed by atoms with E-state index in [0.29, 0.717) is 17.7 Å². The van der Waals surface area contributed by atoms with Crippen LogP contribution in [0.1, 0.15) is 22.7 Å². The Morgan fingerprint density at radius 1 is 1.00 bits per heavy atom. The highest BCUT2D eigenvalue weighted by Crippen LogP contribution is 2.42. The molecule has 2 heterocycles. The van der Waals surface area contributed by atoms with Crippen molar-refractivity contribution in [1.29, 1.82) is 0 Å². The summed E-state index contributed by atoms with van der Waals surface area (Å²) >= 11 is 0. The molecule has 5 rings (SSSR count). The minimum atomic E-state index is -0.764. The van der Waals surface area contributed by atoms with Crippen LogP contribution < -0.4 is 9.47 Å². The van der Waals surface area contributed by atoms with Gasteiger partial charge in [0.05, 0.1) is 25.8 Å². The van der Waals surface area contributed by atoms with Crippen LogP contribution in [0.25, 0.3) is 10.9 Å². The summed E-state index contributed by atoms with van der Waals surface area (Å²) in [5, 5.41) is 12.0. The molecular formula is C30H28N2O5. The molecule has 0 spiro atoms. The van der Waals surface area contributed by atoms with Crippen LogP contribution in [0, 0.1) is 0 Å². The van der Waals surface area contributed by atoms with Crippen LogP contribution in [0.4, 0.5) is 0 Å². The molecule has 4 aromatic rings. The first kappa shape index (κ1) is 24.2. The molecule has 1 aliphatic heterocycles. The summed E-state index contributed by atoms with van der Waals surface area (Å²) in [7, 11) is 3.17. The average Bonchev–Trinajstić information content (AvgIpc) is 3.45. The van der Waals surface area contributed by atoms with Crippen molar-refractivity contribution in [2.24, 2.45) is 0 Å². The lowest BCUT2D eigenvalue weighted by Crippen LogP contribution is -2.33. The monoisotopic (exact) mass is 496 g/mol. The van der Waals surface area contributed by atoms with E-state index in [-0.39, 0.29) is 24.3 Å². The normalized spacial score (nSPS) is 15.5. The van der Waals surface area contributed by atoms with E-state index in [1.165, 1.54) is 0 Å². The Labute approximate surface area is 214 Å². The van der Waals surface area contributed by atoms with Gasteiger partial charge in [-0.05, 0) is 41.8 Å². The number of aromatic nitrogens is 1. The number of methoxy groups -OCH3 is 2. The molecule has 1 atom stereocenters. The van der Waals surface area contributed by atoms with Crippen LogP contribution in [0.3, 0.4) is 0 Å². The number of aliphatic hydroxyl groups excluding tert-OH is 1. The van der Waals surface area contributed by atoms with Gasteiger partial charge < -0.3 is 24.5 Å². The van der Waals surface area contributed by atoms with E-state index in [0.717, 1.165) is 27.8 Å². The third-order valence-electron chi connectivity index (χ3n) is 6.84. The Hall–Kier alpha value is -4.52. The quantitative estimate of drug-likeness (QED) is 0.343. The van der Waals surface area contributed by atoms with Crippen LogP contribution in [0.15, 0.2) is 90.3 Å². The third kappa shape index (κ3) is 4.56. The Morgan fingerprint density at radius 2 is 1.76 bits per heavy atom. The van der Waals surface area contributed by atoms with Gasteiger partial charge in [0.1, 0.15) is 11.5 Å². The molecule has 188 valence electrons. The average molecular weight is 497 g/mol. The Bertz CT molecular complexity index is 1490. The first-order valence-corrected chi connectivity index (χ1v) is 12.1. The van der Waals surface area contributed by atoms with Gasteiger partial charge in [-0.2, -0.15) is 0 Å². The van der Waals surface area contributed by atoms with Gasteiger partial charge in [-0.25, -0.2) is 0 Å². The van der Waals surface area contributed by atoms with E-state index in [4.69, 9.17) is 9.47 Å². The number of carbonyl (C=O) groups excluding carboxylic acids is 2. The number of aliphatic hydroxyl groups is 1. The SMILES string of the molecule is COc1ccc2[nH]cc(CCN3C(=O)C(O)=C(C(=O)Cc4ccccc4)[C@@H]3c3ccccc3OC)c2c1. The molecule has 0 saturated carbocycles. The maximum atomic E-state index is 13.5. The van der Waals surface area contributed by atoms with E-state index >= 15 is 0 Å². The van der Waals surface area contributed by atoms with E-state index < -0.39 is 17.7 Å². The largest absolute Gasteiger partial charge is 0.503 e. The lowest BCUT2D eigenvalue weighted by Gasteiger charge is -2.28. The highest BCUT2D eigenvalue weighted by Gasteiger charge is 2.44. The van der Waals surface area contributed by atoms with Crippen LogP contribution in [0.2, 0.25) is 0 Å². The van der Waals surface area contributed by atoms with Crippen LogP contribution in [0.5, 0.6) is 11.5 Å². The first-order valence-electron chi connectivity index (χ1n) is 12.1. The van der Waals surface area contributed by atoms with Gasteiger partial charge in [0.2, 0.25) is 0 Å². The molecule has 1 aliphatic rings. The lowest BCUT2D eigenvalue weighted by molar-refractivity contribution is -0.129. The fourth-order valence-electron chi connectivity index (χ4n) is 4.99. The van der Waals surface area contributed by atoms with Crippen molar-refractivity contribution in [3.8, 4) is 11.5 Å². The summed E-state index contributed by atoms with van der Waals surface area (Å²) in [4.78, 5) is 31.7. The van der Waals surface area contributed by atoms with Crippen molar-refractivity contribution in [2.45, 2.75) is 18.9 Å². The molecule has 0 saturated heterocycles. The van der Waals surface area contributed by atoms with E-state index in [2.05, 4.69) is 4.98 Å². The number of hydrogen-bond acceptors (Lipinski definition) is 5. The van der Waals surface area contributed by atoms with Gasteiger partial charge in [0, 0.05) is 35.6 Å². The van der Waals surface area contributed by atoms with Crippen LogP contribution in [-0.2, 0) is 22.4 Å². The zero-order chi connectivity index (χ0) is 25.9. The van der Waals surface area contributed by atoms with Crippen molar-refractivity contribution < 1.29 is 24.2 Å². The van der Waals surface area contributed by atoms with Crippen molar-refractivity contribution in [2.75, 3.05) is 20.8 Å². The van der Waals surface area contributed by atoms with Gasteiger partial charge in [-0.15, -0.1) is 0 Å². The second-order valence-electron chi connectivity index (χ2n) is 8.97. The molecule has 0 aliphatic carbocycles. The number of rotatable bonds is 9. The van der Waals surface area contributed by atoms with Gasteiger partial charge in [-0.3, -0.25) is 9.59 Å². The minimum Gasteiger partial charge on any atom is -0.503 e. The predicted octanol–water partition coefficient (Wildman–Crippen LogP) is 4.94. The van der Waals surface area contributed by atoms with Gasteiger partial charge in [0.15, 0.2) is 11.5 Å². The molecule has 37 heavy (non-hydrogen) atoms. The predicted molar refractivity (Wildman–Crippen MR) is 141 cm³/mol. The zero-order valence-corrected chi connectivity index (χ0v) is 20.7. The first-order chi connectivity index (χ1) is 18.0. The smallest absolute Gasteiger partial charge is 0.290 e. The summed E-state index contributed by atoms with van der Waals surface area (Å²) in [5.41, 5.74) is 3.53. The standard InChI is InChI=1S/C30H28N2O5/c1-36-21-12-13-24-23(17-21)20(18-31-24)14-15-32-28(22-10-6-7-11-26(22)37-2)27(29(34)30(32)35)25(33)16-19-8-4-3-5-9-19/h3-13,17-18,28,31,34H,14-16H2,1-2H3/t28-/m0/s1. The molecule has 2 N–H and O–H groups in total. The number of para-hydroxylation sites is 1. The highest BCUT2D eigenvalue weighted by molar-refractivity contribution is 6.09. The Kier molecular flexibility index (Phi) is 6.68. The maximum absolute atomic E-state index is 13.5. The van der Waals surface area contributed by atoms with Crippen molar-refractivity contribution >= 4 is 22.6 Å². The number of nitrogens with one attached hydrogen (secondary N) is 1. The molecule has 7 heteroatoms. The number of H-pyrrole nitrogens is 1. The van der Waals surface area contributed by atoms with Crippen molar-refractivity contribution in [1.82, 2.24) is 9.88 Å². The zero-order valence-electron chi connectivity index (χ0n) is 20.7. The summed E-state index contributed by atoms with van der Waals surface area (Å²) in [5.74, 6) is -0.0816. The number of benzene rings is 3. The number of nitrogens with zero attached hydrogens (tertiary/aromatic N) is 1. The minimum absolute atomic E-state index is 0.0786. The van der Waals surface area contributed by atoms with Gasteiger partial charge in [-0.1, -0.05) is 48.5 Å². The number of aromatic amines is 1. The molecule has 0 bridgehead atoms. The third-order valence-corrected chi connectivity index (χ3v) is 6.84. The molecule has 0 radical (unpaired) electrons. The van der Waals surface area contributed by atoms with Gasteiger partial charge in [0.25, 0.3) is 5.91 Å². The summed E-state index contributed by atoms with van der Waals surface area (Å²) in [6.07, 6.45) is 2.50. The van der Waals surface area contributed by atoms with E-state index in [1.54, 1.807) is 25.2 Å². The lowest BCUT2D eigenvalue weighted by atomic mass is 9.92. The summed E-state index contributed by atoms with van der Waals surface area (Å²) in [6, 6.07) is 21.6. The Morgan fingerprint density at radius 3 is 2.51 bits per heavy atom. The van der Waals surface area contributed by atoms with Gasteiger partial charge >= 0.3 is 0 Å². The molecule has 1 amide bonds. The molecule has 0 fully saturated rings. The van der Waals surface area contributed by atoms with Crippen LogP contribution >= 0.6 is 0 Å². The topological polar surface area (TPSA) is 91.9 Å². The number of Topliss-reactive ketones (excluding diaryl/α,β-unsaturated/α-hetero) is 1. The van der Waals surface area contributed by atoms with Crippen molar-refractivity contribution in [3.63, 3.8) is 0 Å². The maximum Gasteiger partial charge on any atom is 0.290 e. The number of amides is 1. The van der Waals surface area contributed by atoms with Crippen LogP contribution in [-0.4, -0.2) is 47.4 Å². The number of carbonyl (C=O) groups is 2. The highest BCUT2D eigenvalue weighted by atomic mass is 16.5. The van der Waals surface area contributed by atoms with E-state index in [9.17, 15) is 14.7 Å². The molecule has 3 aromatic carbocycles. The number of ketones is 1. The number of fused-ring (bicyclic) bond motifs is 1. The molecule has 1 aromatic heterocycles. The molecular weight excluding hydrogens is 468 g/mol. The second-order valence-corrected chi connectivity index (χ2v) is 8.97. The number of ether oxygens (including phenoxy) is 2. The van der Waals surface area contributed by atoms with E-state index in [1.807, 2.05) is 72.9 Å². The summed E-state index contributed by atoms with van der Waals surface area (Å²) < 4.78 is 11.0. The fourth-order valence-corrected chi connectivity index (χ4v) is 4.99. The number of hydrogen-bond donors (Lipinski definition) is 2.